The second-order valence-electron chi connectivity index (χ2n) is 5.52. The minimum Gasteiger partial charge on any atom is -0.317 e. The Morgan fingerprint density at radius 2 is 1.24 bits per heavy atom. The molecule has 0 aromatic carbocycles. The summed E-state index contributed by atoms with van der Waals surface area (Å²) in [4.78, 5) is 0. The summed E-state index contributed by atoms with van der Waals surface area (Å²) in [5.41, 5.74) is 0. The number of nitrogens with one attached hydrogen (secondary N) is 2. The summed E-state index contributed by atoms with van der Waals surface area (Å²) in [5.74, 6) is 0. The van der Waals surface area contributed by atoms with E-state index < -0.39 is 0 Å². The van der Waals surface area contributed by atoms with E-state index in [1.54, 1.807) is 0 Å². The Bertz CT molecular complexity index is 156. The van der Waals surface area contributed by atoms with Crippen LogP contribution in [0.4, 0.5) is 0 Å². The molecule has 2 aliphatic carbocycles. The third-order valence-electron chi connectivity index (χ3n) is 4.11. The van der Waals surface area contributed by atoms with Crippen LogP contribution in [-0.2, 0) is 0 Å². The average molecular weight is 240 g/mol. The van der Waals surface area contributed by atoms with Gasteiger partial charge in [0.05, 0.1) is 0 Å². The summed E-state index contributed by atoms with van der Waals surface area (Å²) in [6.07, 6.45) is 14.3. The molecule has 0 spiro atoms. The maximum absolute atomic E-state index is 3.48. The van der Waals surface area contributed by atoms with Crippen molar-refractivity contribution in [3.05, 3.63) is 0 Å². The predicted molar refractivity (Wildman–Crippen MR) is 76.5 cm³/mol. The van der Waals surface area contributed by atoms with Crippen LogP contribution in [-0.4, -0.2) is 25.7 Å². The van der Waals surface area contributed by atoms with Crippen LogP contribution in [0.3, 0.4) is 0 Å². The van der Waals surface area contributed by atoms with Gasteiger partial charge in [0.2, 0.25) is 0 Å². The molecule has 2 heteroatoms. The Morgan fingerprint density at radius 1 is 0.765 bits per heavy atom. The molecule has 2 aliphatic rings. The highest BCUT2D eigenvalue weighted by atomic mass is 14.9. The molecule has 0 unspecified atom stereocenters. The zero-order valence-corrected chi connectivity index (χ0v) is 11.9. The van der Waals surface area contributed by atoms with Gasteiger partial charge >= 0.3 is 0 Å². The maximum Gasteiger partial charge on any atom is 0.00669 e. The molecule has 0 atom stereocenters. The monoisotopic (exact) mass is 240 g/mol. The van der Waals surface area contributed by atoms with Gasteiger partial charge in [-0.1, -0.05) is 45.4 Å². The first kappa shape index (κ1) is 15.0. The number of rotatable bonds is 3. The van der Waals surface area contributed by atoms with Crippen molar-refractivity contribution < 1.29 is 0 Å². The highest BCUT2D eigenvalue weighted by Gasteiger charge is 2.10. The van der Waals surface area contributed by atoms with Crippen LogP contribution >= 0.6 is 0 Å². The molecule has 0 aromatic heterocycles. The molecule has 0 aromatic rings. The van der Waals surface area contributed by atoms with Gasteiger partial charge in [-0.2, -0.15) is 0 Å². The minimum absolute atomic E-state index is 0.837. The van der Waals surface area contributed by atoms with Crippen molar-refractivity contribution in [1.82, 2.24) is 10.6 Å². The molecule has 2 fully saturated rings. The molecule has 0 aliphatic heterocycles. The molecular weight excluding hydrogens is 208 g/mol. The van der Waals surface area contributed by atoms with Gasteiger partial charge in [0, 0.05) is 12.1 Å². The zero-order chi connectivity index (χ0) is 12.3. The second kappa shape index (κ2) is 9.90. The van der Waals surface area contributed by atoms with E-state index in [9.17, 15) is 0 Å². The van der Waals surface area contributed by atoms with Gasteiger partial charge in [0.15, 0.2) is 0 Å². The predicted octanol–water partition coefficient (Wildman–Crippen LogP) is 3.47. The van der Waals surface area contributed by atoms with Crippen molar-refractivity contribution in [2.24, 2.45) is 0 Å². The van der Waals surface area contributed by atoms with Gasteiger partial charge in [-0.3, -0.25) is 0 Å². The zero-order valence-electron chi connectivity index (χ0n) is 11.9. The van der Waals surface area contributed by atoms with Crippen LogP contribution in [0.1, 0.15) is 71.1 Å². The van der Waals surface area contributed by atoms with Gasteiger partial charge in [0.1, 0.15) is 0 Å². The Morgan fingerprint density at radius 3 is 1.59 bits per heavy atom. The van der Waals surface area contributed by atoms with Crippen molar-refractivity contribution in [2.45, 2.75) is 83.2 Å². The fourth-order valence-electron chi connectivity index (χ4n) is 2.99. The smallest absolute Gasteiger partial charge is 0.00669 e. The number of hydrogen-bond donors (Lipinski definition) is 2. The molecule has 17 heavy (non-hydrogen) atoms. The van der Waals surface area contributed by atoms with Gasteiger partial charge in [-0.15, -0.1) is 0 Å². The lowest BCUT2D eigenvalue weighted by Gasteiger charge is -2.21. The topological polar surface area (TPSA) is 24.1 Å². The molecule has 0 heterocycles. The van der Waals surface area contributed by atoms with Crippen molar-refractivity contribution >= 4 is 0 Å². The van der Waals surface area contributed by atoms with Crippen molar-refractivity contribution in [3.8, 4) is 0 Å². The summed E-state index contributed by atoms with van der Waals surface area (Å²) in [7, 11) is 2.07. The van der Waals surface area contributed by atoms with Crippen LogP contribution in [0.25, 0.3) is 0 Å². The molecule has 2 rings (SSSR count). The van der Waals surface area contributed by atoms with E-state index >= 15 is 0 Å². The van der Waals surface area contributed by atoms with E-state index in [2.05, 4.69) is 24.6 Å². The Labute approximate surface area is 108 Å². The molecule has 2 saturated carbocycles. The molecular formula is C15H32N2. The largest absolute Gasteiger partial charge is 0.317 e. The van der Waals surface area contributed by atoms with Crippen LogP contribution in [0.5, 0.6) is 0 Å². The van der Waals surface area contributed by atoms with E-state index in [1.165, 1.54) is 64.2 Å². The van der Waals surface area contributed by atoms with Gasteiger partial charge in [-0.25, -0.2) is 0 Å². The molecule has 0 radical (unpaired) electrons. The van der Waals surface area contributed by atoms with Gasteiger partial charge < -0.3 is 10.6 Å². The third kappa shape index (κ3) is 7.05. The summed E-state index contributed by atoms with van der Waals surface area (Å²) in [6, 6.07) is 1.69. The lowest BCUT2D eigenvalue weighted by atomic mass is 9.96. The van der Waals surface area contributed by atoms with Crippen molar-refractivity contribution in [2.75, 3.05) is 13.6 Å². The lowest BCUT2D eigenvalue weighted by Crippen LogP contribution is -2.30. The molecule has 0 saturated heterocycles. The maximum atomic E-state index is 3.48. The molecule has 0 bridgehead atoms. The first-order valence-corrected chi connectivity index (χ1v) is 7.77. The van der Waals surface area contributed by atoms with E-state index in [0.29, 0.717) is 0 Å². The van der Waals surface area contributed by atoms with Crippen molar-refractivity contribution in [1.29, 1.82) is 0 Å². The van der Waals surface area contributed by atoms with Gasteiger partial charge in [-0.05, 0) is 39.3 Å². The van der Waals surface area contributed by atoms with Crippen LogP contribution in [0, 0.1) is 0 Å². The van der Waals surface area contributed by atoms with E-state index in [0.717, 1.165) is 18.6 Å². The van der Waals surface area contributed by atoms with Crippen LogP contribution in [0.2, 0.25) is 0 Å². The standard InChI is InChI=1S/C8H17N.C7H15N/c1-2-9-8-6-4-3-5-7-8;1-8-7-5-3-2-4-6-7/h8-9H,2-7H2,1H3;7-8H,2-6H2,1H3. The summed E-state index contributed by atoms with van der Waals surface area (Å²) in [5, 5.41) is 6.79. The SMILES string of the molecule is CCNC1CCCCC1.CNC1CCCCC1. The number of hydrogen-bond acceptors (Lipinski definition) is 2. The first-order valence-electron chi connectivity index (χ1n) is 7.77. The van der Waals surface area contributed by atoms with E-state index in [1.807, 2.05) is 0 Å². The summed E-state index contributed by atoms with van der Waals surface area (Å²) < 4.78 is 0. The minimum atomic E-state index is 0.837. The fourth-order valence-corrected chi connectivity index (χ4v) is 2.99. The van der Waals surface area contributed by atoms with Crippen molar-refractivity contribution in [3.63, 3.8) is 0 Å². The van der Waals surface area contributed by atoms with E-state index in [-0.39, 0.29) is 0 Å². The molecule has 2 nitrogen and oxygen atoms in total. The molecule has 2 N–H and O–H groups in total. The van der Waals surface area contributed by atoms with Crippen LogP contribution in [0.15, 0.2) is 0 Å². The Hall–Kier alpha value is -0.0800. The highest BCUT2D eigenvalue weighted by molar-refractivity contribution is 4.70. The average Bonchev–Trinajstić information content (AvgIpc) is 2.42. The molecule has 102 valence electrons. The van der Waals surface area contributed by atoms with Gasteiger partial charge in [0.25, 0.3) is 0 Å². The van der Waals surface area contributed by atoms with E-state index in [4.69, 9.17) is 0 Å². The molecule has 0 amide bonds. The Balaban J connectivity index is 0.000000171. The second-order valence-corrected chi connectivity index (χ2v) is 5.52. The lowest BCUT2D eigenvalue weighted by molar-refractivity contribution is 0.380. The quantitative estimate of drug-likeness (QED) is 0.789. The van der Waals surface area contributed by atoms with Crippen LogP contribution < -0.4 is 10.6 Å². The normalized spacial score (nSPS) is 22.9. The summed E-state index contributed by atoms with van der Waals surface area (Å²) in [6.45, 7) is 3.33. The highest BCUT2D eigenvalue weighted by Crippen LogP contribution is 2.17. The summed E-state index contributed by atoms with van der Waals surface area (Å²) >= 11 is 0. The first-order chi connectivity index (χ1) is 8.36. The Kier molecular flexibility index (Phi) is 8.72. The fraction of sp³-hybridized carbons (Fsp3) is 1.00. The third-order valence-corrected chi connectivity index (χ3v) is 4.11.